The normalized spacial score (nSPS) is 14.7. The van der Waals surface area contributed by atoms with Crippen LogP contribution in [0.3, 0.4) is 0 Å². The summed E-state index contributed by atoms with van der Waals surface area (Å²) in [5.41, 5.74) is 2.74. The summed E-state index contributed by atoms with van der Waals surface area (Å²) in [5, 5.41) is 5.21. The van der Waals surface area contributed by atoms with Crippen molar-refractivity contribution in [3.8, 4) is 17.1 Å². The van der Waals surface area contributed by atoms with Gasteiger partial charge in [-0.3, -0.25) is 9.69 Å². The Morgan fingerprint density at radius 2 is 1.82 bits per heavy atom. The van der Waals surface area contributed by atoms with Crippen molar-refractivity contribution in [2.24, 2.45) is 0 Å². The van der Waals surface area contributed by atoms with E-state index in [4.69, 9.17) is 9.26 Å². The van der Waals surface area contributed by atoms with Gasteiger partial charge in [-0.05, 0) is 43.3 Å². The van der Waals surface area contributed by atoms with Crippen LogP contribution in [0.4, 0.5) is 0 Å². The number of para-hydroxylation sites is 1. The third-order valence-corrected chi connectivity index (χ3v) is 6.18. The van der Waals surface area contributed by atoms with E-state index in [1.165, 1.54) is 0 Å². The fourth-order valence-corrected chi connectivity index (χ4v) is 4.37. The Labute approximate surface area is 192 Å². The van der Waals surface area contributed by atoms with Crippen LogP contribution in [0.15, 0.2) is 59.1 Å². The number of methoxy groups -OCH3 is 1. The number of aromatic nitrogens is 3. The van der Waals surface area contributed by atoms with E-state index < -0.39 is 0 Å². The Balaban J connectivity index is 1.21. The third-order valence-electron chi connectivity index (χ3n) is 6.18. The average Bonchev–Trinajstić information content (AvgIpc) is 3.48. The molecule has 5 rings (SSSR count). The number of carbonyl (C=O) groups is 1. The lowest BCUT2D eigenvalue weighted by molar-refractivity contribution is 0.0605. The molecule has 33 heavy (non-hydrogen) atoms. The quantitative estimate of drug-likeness (QED) is 0.451. The van der Waals surface area contributed by atoms with Crippen molar-refractivity contribution in [1.29, 1.82) is 0 Å². The van der Waals surface area contributed by atoms with Gasteiger partial charge in [0.1, 0.15) is 11.4 Å². The smallest absolute Gasteiger partial charge is 0.270 e. The molecule has 0 spiro atoms. The highest BCUT2D eigenvalue weighted by atomic mass is 16.5. The predicted molar refractivity (Wildman–Crippen MR) is 125 cm³/mol. The van der Waals surface area contributed by atoms with E-state index >= 15 is 0 Å². The van der Waals surface area contributed by atoms with Gasteiger partial charge in [-0.15, -0.1) is 0 Å². The van der Waals surface area contributed by atoms with Gasteiger partial charge in [-0.25, -0.2) is 0 Å². The van der Waals surface area contributed by atoms with Crippen molar-refractivity contribution < 1.29 is 14.1 Å². The van der Waals surface area contributed by atoms with Crippen molar-refractivity contribution >= 4 is 16.8 Å². The number of aryl methyl sites for hydroxylation is 1. The first-order chi connectivity index (χ1) is 16.2. The maximum absolute atomic E-state index is 13.3. The zero-order valence-electron chi connectivity index (χ0n) is 18.9. The van der Waals surface area contributed by atoms with Crippen LogP contribution in [-0.2, 0) is 13.1 Å². The summed E-state index contributed by atoms with van der Waals surface area (Å²) in [7, 11) is 1.64. The van der Waals surface area contributed by atoms with Gasteiger partial charge in [0.25, 0.3) is 5.91 Å². The molecule has 2 aromatic carbocycles. The number of nitrogens with zero attached hydrogens (tertiary/aromatic N) is 5. The number of piperazine rings is 1. The summed E-state index contributed by atoms with van der Waals surface area (Å²) >= 11 is 0. The molecule has 0 N–H and O–H groups in total. The summed E-state index contributed by atoms with van der Waals surface area (Å²) in [5.74, 6) is 2.02. The highest BCUT2D eigenvalue weighted by molar-refractivity contribution is 5.98. The van der Waals surface area contributed by atoms with E-state index in [2.05, 4.69) is 38.7 Å². The van der Waals surface area contributed by atoms with Crippen LogP contribution < -0.4 is 4.74 Å². The van der Waals surface area contributed by atoms with Gasteiger partial charge >= 0.3 is 0 Å². The van der Waals surface area contributed by atoms with Crippen LogP contribution >= 0.6 is 0 Å². The van der Waals surface area contributed by atoms with Gasteiger partial charge < -0.3 is 18.7 Å². The van der Waals surface area contributed by atoms with Crippen LogP contribution in [0.5, 0.6) is 5.75 Å². The second kappa shape index (κ2) is 9.07. The van der Waals surface area contributed by atoms with E-state index in [-0.39, 0.29) is 5.91 Å². The molecule has 8 heteroatoms. The topological polar surface area (TPSA) is 76.6 Å². The van der Waals surface area contributed by atoms with Crippen molar-refractivity contribution in [2.75, 3.05) is 33.3 Å². The highest BCUT2D eigenvalue weighted by Crippen LogP contribution is 2.23. The van der Waals surface area contributed by atoms with Gasteiger partial charge in [0.05, 0.1) is 13.7 Å². The summed E-state index contributed by atoms with van der Waals surface area (Å²) in [6.07, 6.45) is 0. The summed E-state index contributed by atoms with van der Waals surface area (Å²) in [6.45, 7) is 6.28. The van der Waals surface area contributed by atoms with Gasteiger partial charge in [0.2, 0.25) is 11.7 Å². The standard InChI is InChI=1S/C25H27N5O3/c1-3-30-21-7-5-4-6-19(21)16-22(30)25(31)29-14-12-28(13-15-29)17-23-26-24(27-33-23)18-8-10-20(32-2)11-9-18/h4-11,16H,3,12-15,17H2,1-2H3. The molecule has 0 atom stereocenters. The Morgan fingerprint density at radius 3 is 2.55 bits per heavy atom. The van der Waals surface area contributed by atoms with E-state index in [1.54, 1.807) is 7.11 Å². The van der Waals surface area contributed by atoms with E-state index in [1.807, 2.05) is 47.4 Å². The van der Waals surface area contributed by atoms with Crippen LogP contribution in [0.2, 0.25) is 0 Å². The zero-order chi connectivity index (χ0) is 22.8. The molecule has 8 nitrogen and oxygen atoms in total. The molecule has 3 heterocycles. The first kappa shape index (κ1) is 21.2. The Kier molecular flexibility index (Phi) is 5.83. The molecule has 1 aliphatic heterocycles. The van der Waals surface area contributed by atoms with Crippen molar-refractivity contribution in [3.05, 3.63) is 66.2 Å². The van der Waals surface area contributed by atoms with Crippen molar-refractivity contribution in [2.45, 2.75) is 20.0 Å². The fraction of sp³-hybridized carbons (Fsp3) is 0.320. The number of rotatable bonds is 6. The Morgan fingerprint density at radius 1 is 1.06 bits per heavy atom. The molecule has 0 unspecified atom stereocenters. The molecular formula is C25H27N5O3. The molecule has 0 aliphatic carbocycles. The highest BCUT2D eigenvalue weighted by Gasteiger charge is 2.26. The van der Waals surface area contributed by atoms with Crippen LogP contribution in [0.25, 0.3) is 22.3 Å². The minimum atomic E-state index is 0.0901. The number of ether oxygens (including phenoxy) is 1. The number of fused-ring (bicyclic) bond motifs is 1. The molecule has 4 aromatic rings. The fourth-order valence-electron chi connectivity index (χ4n) is 4.37. The van der Waals surface area contributed by atoms with Gasteiger partial charge in [0.15, 0.2) is 0 Å². The summed E-state index contributed by atoms with van der Waals surface area (Å²) < 4.78 is 12.8. The molecule has 0 radical (unpaired) electrons. The second-order valence-electron chi connectivity index (χ2n) is 8.14. The van der Waals surface area contributed by atoms with Crippen LogP contribution in [0.1, 0.15) is 23.3 Å². The lowest BCUT2D eigenvalue weighted by Gasteiger charge is -2.34. The minimum absolute atomic E-state index is 0.0901. The lowest BCUT2D eigenvalue weighted by atomic mass is 10.2. The largest absolute Gasteiger partial charge is 0.497 e. The SMILES string of the molecule is CCn1c(C(=O)N2CCN(Cc3nc(-c4ccc(OC)cc4)no3)CC2)cc2ccccc21. The molecule has 1 fully saturated rings. The van der Waals surface area contributed by atoms with E-state index in [0.29, 0.717) is 31.3 Å². The van der Waals surface area contributed by atoms with E-state index in [9.17, 15) is 4.79 Å². The molecule has 0 bridgehead atoms. The Bertz CT molecular complexity index is 1250. The molecule has 0 saturated carbocycles. The molecule has 1 saturated heterocycles. The maximum Gasteiger partial charge on any atom is 0.270 e. The summed E-state index contributed by atoms with van der Waals surface area (Å²) in [4.78, 5) is 22.0. The van der Waals surface area contributed by atoms with Gasteiger partial charge in [0, 0.05) is 49.2 Å². The Hall–Kier alpha value is -3.65. The number of amides is 1. The average molecular weight is 446 g/mol. The number of hydrogen-bond donors (Lipinski definition) is 0. The van der Waals surface area contributed by atoms with Crippen LogP contribution in [0, 0.1) is 0 Å². The molecule has 2 aromatic heterocycles. The third kappa shape index (κ3) is 4.21. The molecule has 170 valence electrons. The van der Waals surface area contributed by atoms with Crippen LogP contribution in [-0.4, -0.2) is 63.7 Å². The first-order valence-electron chi connectivity index (χ1n) is 11.2. The van der Waals surface area contributed by atoms with Gasteiger partial charge in [-0.1, -0.05) is 23.4 Å². The van der Waals surface area contributed by atoms with Crippen molar-refractivity contribution in [3.63, 3.8) is 0 Å². The zero-order valence-corrected chi connectivity index (χ0v) is 18.9. The number of carbonyl (C=O) groups excluding carboxylic acids is 1. The molecule has 1 aliphatic rings. The van der Waals surface area contributed by atoms with Gasteiger partial charge in [-0.2, -0.15) is 4.98 Å². The first-order valence-corrected chi connectivity index (χ1v) is 11.2. The number of benzene rings is 2. The molecule has 1 amide bonds. The number of hydrogen-bond acceptors (Lipinski definition) is 6. The monoisotopic (exact) mass is 445 g/mol. The second-order valence-corrected chi connectivity index (χ2v) is 8.14. The summed E-state index contributed by atoms with van der Waals surface area (Å²) in [6, 6.07) is 17.7. The minimum Gasteiger partial charge on any atom is -0.497 e. The lowest BCUT2D eigenvalue weighted by Crippen LogP contribution is -2.48. The van der Waals surface area contributed by atoms with E-state index in [0.717, 1.165) is 47.5 Å². The maximum atomic E-state index is 13.3. The predicted octanol–water partition coefficient (Wildman–Crippen LogP) is 3.68. The van der Waals surface area contributed by atoms with Crippen molar-refractivity contribution in [1.82, 2.24) is 24.5 Å². The molecular weight excluding hydrogens is 418 g/mol.